The van der Waals surface area contributed by atoms with Gasteiger partial charge in [-0.25, -0.2) is 9.78 Å². The number of hydrogen-bond donors (Lipinski definition) is 2. The summed E-state index contributed by atoms with van der Waals surface area (Å²) in [7, 11) is 1.45. The monoisotopic (exact) mass is 337 g/mol. The number of rotatable bonds is 5. The minimum absolute atomic E-state index is 0.0892. The number of aromatic amines is 1. The van der Waals surface area contributed by atoms with Gasteiger partial charge in [-0.2, -0.15) is 0 Å². The van der Waals surface area contributed by atoms with Gasteiger partial charge in [0.15, 0.2) is 0 Å². The number of carboxylic acid groups (broad SMARTS) is 1. The van der Waals surface area contributed by atoms with E-state index in [1.807, 2.05) is 13.8 Å². The fourth-order valence-corrected chi connectivity index (χ4v) is 3.25. The Bertz CT molecular complexity index is 824. The van der Waals surface area contributed by atoms with E-state index in [9.17, 15) is 14.4 Å². The summed E-state index contributed by atoms with van der Waals surface area (Å²) in [4.78, 5) is 45.1. The highest BCUT2D eigenvalue weighted by Gasteiger charge is 2.21. The van der Waals surface area contributed by atoms with Crippen molar-refractivity contribution >= 4 is 33.4 Å². The van der Waals surface area contributed by atoms with E-state index in [0.29, 0.717) is 16.0 Å². The molecule has 0 bridgehead atoms. The van der Waals surface area contributed by atoms with Gasteiger partial charge in [0.25, 0.3) is 5.56 Å². The lowest BCUT2D eigenvalue weighted by molar-refractivity contribution is -0.148. The molecule has 2 rings (SSSR count). The number of carboxylic acids is 1. The number of amides is 1. The Hall–Kier alpha value is -2.22. The SMILES string of the molecule is Cc1sc2nc(CCC(=O)N(C)C(C)C(=O)O)[nH]c(=O)c2c1C. The summed E-state index contributed by atoms with van der Waals surface area (Å²) in [5.41, 5.74) is 0.725. The minimum Gasteiger partial charge on any atom is -0.480 e. The molecule has 0 saturated heterocycles. The summed E-state index contributed by atoms with van der Waals surface area (Å²) >= 11 is 1.45. The third-order valence-corrected chi connectivity index (χ3v) is 5.10. The van der Waals surface area contributed by atoms with Crippen molar-refractivity contribution in [2.45, 2.75) is 39.7 Å². The van der Waals surface area contributed by atoms with Crippen LogP contribution in [-0.2, 0) is 16.0 Å². The molecule has 0 fully saturated rings. The molecule has 23 heavy (non-hydrogen) atoms. The number of nitrogens with one attached hydrogen (secondary N) is 1. The first-order valence-corrected chi connectivity index (χ1v) is 8.01. The highest BCUT2D eigenvalue weighted by molar-refractivity contribution is 7.18. The third kappa shape index (κ3) is 3.42. The van der Waals surface area contributed by atoms with Crippen LogP contribution in [0.4, 0.5) is 0 Å². The Morgan fingerprint density at radius 2 is 2.04 bits per heavy atom. The smallest absolute Gasteiger partial charge is 0.326 e. The molecule has 8 heteroatoms. The topological polar surface area (TPSA) is 103 Å². The molecule has 0 spiro atoms. The molecule has 2 aromatic heterocycles. The maximum atomic E-state index is 12.1. The van der Waals surface area contributed by atoms with Gasteiger partial charge in [0, 0.05) is 24.8 Å². The number of likely N-dealkylation sites (N-methyl/N-ethyl adjacent to an activating group) is 1. The van der Waals surface area contributed by atoms with Crippen molar-refractivity contribution in [3.8, 4) is 0 Å². The lowest BCUT2D eigenvalue weighted by atomic mass is 10.2. The number of carbonyl (C=O) groups is 2. The molecule has 0 saturated carbocycles. The molecule has 124 valence electrons. The third-order valence-electron chi connectivity index (χ3n) is 4.00. The molecule has 0 aliphatic rings. The number of H-pyrrole nitrogens is 1. The molecule has 1 amide bonds. The van der Waals surface area contributed by atoms with Gasteiger partial charge in [-0.05, 0) is 26.3 Å². The van der Waals surface area contributed by atoms with Crippen molar-refractivity contribution in [1.82, 2.24) is 14.9 Å². The van der Waals surface area contributed by atoms with E-state index in [1.165, 1.54) is 30.2 Å². The summed E-state index contributed by atoms with van der Waals surface area (Å²) in [5.74, 6) is -0.923. The second-order valence-corrected chi connectivity index (χ2v) is 6.70. The fraction of sp³-hybridized carbons (Fsp3) is 0.467. The normalized spacial score (nSPS) is 12.3. The summed E-state index contributed by atoms with van der Waals surface area (Å²) in [5, 5.41) is 9.51. The molecule has 0 aliphatic carbocycles. The largest absolute Gasteiger partial charge is 0.480 e. The van der Waals surface area contributed by atoms with E-state index in [2.05, 4.69) is 9.97 Å². The van der Waals surface area contributed by atoms with E-state index in [1.54, 1.807) is 0 Å². The summed E-state index contributed by atoms with van der Waals surface area (Å²) < 4.78 is 0. The number of fused-ring (bicyclic) bond motifs is 1. The Morgan fingerprint density at radius 1 is 1.39 bits per heavy atom. The van der Waals surface area contributed by atoms with Crippen molar-refractivity contribution in [3.05, 3.63) is 26.6 Å². The molecular weight excluding hydrogens is 318 g/mol. The fourth-order valence-electron chi connectivity index (χ4n) is 2.20. The first-order chi connectivity index (χ1) is 10.7. The number of aryl methyl sites for hydroxylation is 3. The van der Waals surface area contributed by atoms with Gasteiger partial charge in [-0.3, -0.25) is 9.59 Å². The van der Waals surface area contributed by atoms with Crippen LogP contribution < -0.4 is 5.56 Å². The van der Waals surface area contributed by atoms with Crippen LogP contribution in [0.5, 0.6) is 0 Å². The lowest BCUT2D eigenvalue weighted by Crippen LogP contribution is -2.40. The summed E-state index contributed by atoms with van der Waals surface area (Å²) in [6.45, 7) is 5.27. The average Bonchev–Trinajstić information content (AvgIpc) is 2.78. The maximum absolute atomic E-state index is 12.1. The number of nitrogens with zero attached hydrogens (tertiary/aromatic N) is 2. The van der Waals surface area contributed by atoms with E-state index >= 15 is 0 Å². The predicted octanol–water partition coefficient (Wildman–Crippen LogP) is 1.47. The van der Waals surface area contributed by atoms with Crippen LogP contribution in [0.25, 0.3) is 10.2 Å². The number of hydrogen-bond acceptors (Lipinski definition) is 5. The number of carbonyl (C=O) groups excluding carboxylic acids is 1. The minimum atomic E-state index is -1.06. The molecule has 0 radical (unpaired) electrons. The van der Waals surface area contributed by atoms with Gasteiger partial charge in [0.1, 0.15) is 16.7 Å². The van der Waals surface area contributed by atoms with Gasteiger partial charge in [-0.1, -0.05) is 0 Å². The van der Waals surface area contributed by atoms with Gasteiger partial charge in [0.2, 0.25) is 5.91 Å². The number of aliphatic carboxylic acids is 1. The first kappa shape index (κ1) is 17.1. The van der Waals surface area contributed by atoms with Crippen LogP contribution in [-0.4, -0.2) is 44.9 Å². The zero-order valence-electron chi connectivity index (χ0n) is 13.5. The van der Waals surface area contributed by atoms with Crippen molar-refractivity contribution < 1.29 is 14.7 Å². The molecular formula is C15H19N3O4S. The molecule has 7 nitrogen and oxygen atoms in total. The van der Waals surface area contributed by atoms with E-state index in [-0.39, 0.29) is 24.3 Å². The molecule has 2 N–H and O–H groups in total. The lowest BCUT2D eigenvalue weighted by Gasteiger charge is -2.21. The second-order valence-electron chi connectivity index (χ2n) is 5.49. The second kappa shape index (κ2) is 6.49. The van der Waals surface area contributed by atoms with Crippen molar-refractivity contribution in [1.29, 1.82) is 0 Å². The standard InChI is InChI=1S/C15H19N3O4S/c1-7-9(3)23-14-12(7)13(20)16-10(17-14)5-6-11(19)18(4)8(2)15(21)22/h8H,5-6H2,1-4H3,(H,21,22)(H,16,17,20). The van der Waals surface area contributed by atoms with Crippen LogP contribution in [0.1, 0.15) is 29.6 Å². The molecule has 2 aromatic rings. The van der Waals surface area contributed by atoms with Crippen molar-refractivity contribution in [2.75, 3.05) is 7.05 Å². The highest BCUT2D eigenvalue weighted by Crippen LogP contribution is 2.25. The van der Waals surface area contributed by atoms with E-state index < -0.39 is 12.0 Å². The zero-order chi connectivity index (χ0) is 17.3. The van der Waals surface area contributed by atoms with Crippen LogP contribution in [0.3, 0.4) is 0 Å². The quantitative estimate of drug-likeness (QED) is 0.860. The molecule has 0 aromatic carbocycles. The molecule has 1 atom stereocenters. The zero-order valence-corrected chi connectivity index (χ0v) is 14.3. The van der Waals surface area contributed by atoms with Crippen molar-refractivity contribution in [3.63, 3.8) is 0 Å². The predicted molar refractivity (Wildman–Crippen MR) is 87.9 cm³/mol. The van der Waals surface area contributed by atoms with E-state index in [4.69, 9.17) is 5.11 Å². The van der Waals surface area contributed by atoms with Gasteiger partial charge in [0.05, 0.1) is 5.39 Å². The van der Waals surface area contributed by atoms with Gasteiger partial charge in [-0.15, -0.1) is 11.3 Å². The maximum Gasteiger partial charge on any atom is 0.326 e. The van der Waals surface area contributed by atoms with Crippen molar-refractivity contribution in [2.24, 2.45) is 0 Å². The number of thiophene rings is 1. The first-order valence-electron chi connectivity index (χ1n) is 7.19. The molecule has 0 aliphatic heterocycles. The van der Waals surface area contributed by atoms with Gasteiger partial charge < -0.3 is 15.0 Å². The Morgan fingerprint density at radius 3 is 2.65 bits per heavy atom. The van der Waals surface area contributed by atoms with Gasteiger partial charge >= 0.3 is 5.97 Å². The van der Waals surface area contributed by atoms with Crippen LogP contribution >= 0.6 is 11.3 Å². The Kier molecular flexibility index (Phi) is 4.84. The van der Waals surface area contributed by atoms with Crippen LogP contribution in [0.15, 0.2) is 4.79 Å². The Labute approximate surface area is 137 Å². The molecule has 2 heterocycles. The highest BCUT2D eigenvalue weighted by atomic mass is 32.1. The Balaban J connectivity index is 2.15. The summed E-state index contributed by atoms with van der Waals surface area (Å²) in [6, 6.07) is -0.889. The summed E-state index contributed by atoms with van der Waals surface area (Å²) in [6.07, 6.45) is 0.350. The van der Waals surface area contributed by atoms with E-state index in [0.717, 1.165) is 10.4 Å². The average molecular weight is 337 g/mol. The van der Waals surface area contributed by atoms with Crippen LogP contribution in [0, 0.1) is 13.8 Å². The van der Waals surface area contributed by atoms with Crippen LogP contribution in [0.2, 0.25) is 0 Å². The molecule has 1 unspecified atom stereocenters. The number of aromatic nitrogens is 2.